The zero-order valence-electron chi connectivity index (χ0n) is 9.90. The molecule has 92 valence electrons. The SMILES string of the molecule is CC(C(=O)N1CCCC(C)(O)CC1)C(N)=S. The Hall–Kier alpha value is -0.680. The Labute approximate surface area is 102 Å². The van der Waals surface area contributed by atoms with Gasteiger partial charge in [0.05, 0.1) is 16.5 Å². The van der Waals surface area contributed by atoms with Crippen LogP contribution in [-0.2, 0) is 4.79 Å². The first kappa shape index (κ1) is 13.4. The van der Waals surface area contributed by atoms with Crippen LogP contribution in [0.4, 0.5) is 0 Å². The van der Waals surface area contributed by atoms with Crippen molar-refractivity contribution in [3.63, 3.8) is 0 Å². The average Bonchev–Trinajstić information content (AvgIpc) is 2.37. The molecule has 1 saturated heterocycles. The van der Waals surface area contributed by atoms with Crippen LogP contribution in [0.25, 0.3) is 0 Å². The number of hydrogen-bond acceptors (Lipinski definition) is 3. The summed E-state index contributed by atoms with van der Waals surface area (Å²) in [5.41, 5.74) is 4.82. The third-order valence-electron chi connectivity index (χ3n) is 3.17. The minimum Gasteiger partial charge on any atom is -0.393 e. The second kappa shape index (κ2) is 5.10. The molecule has 0 bridgehead atoms. The van der Waals surface area contributed by atoms with Gasteiger partial charge in [-0.05, 0) is 33.1 Å². The third kappa shape index (κ3) is 3.42. The fourth-order valence-corrected chi connectivity index (χ4v) is 1.98. The Morgan fingerprint density at radius 2 is 2.12 bits per heavy atom. The highest BCUT2D eigenvalue weighted by molar-refractivity contribution is 7.80. The summed E-state index contributed by atoms with van der Waals surface area (Å²) in [6.07, 6.45) is 2.17. The van der Waals surface area contributed by atoms with Crippen LogP contribution in [0.1, 0.15) is 33.1 Å². The fraction of sp³-hybridized carbons (Fsp3) is 0.818. The molecule has 0 spiro atoms. The van der Waals surface area contributed by atoms with Crippen molar-refractivity contribution in [3.8, 4) is 0 Å². The lowest BCUT2D eigenvalue weighted by Crippen LogP contribution is -2.40. The quantitative estimate of drug-likeness (QED) is 0.701. The summed E-state index contributed by atoms with van der Waals surface area (Å²) in [6.45, 7) is 4.81. The number of nitrogens with two attached hydrogens (primary N) is 1. The number of rotatable bonds is 2. The van der Waals surface area contributed by atoms with Crippen LogP contribution in [0.3, 0.4) is 0 Å². The average molecular weight is 244 g/mol. The van der Waals surface area contributed by atoms with Crippen LogP contribution in [0, 0.1) is 5.92 Å². The summed E-state index contributed by atoms with van der Waals surface area (Å²) in [6, 6.07) is 0. The highest BCUT2D eigenvalue weighted by Crippen LogP contribution is 2.22. The second-order valence-corrected chi connectivity index (χ2v) is 5.27. The summed E-state index contributed by atoms with van der Waals surface area (Å²) in [5, 5.41) is 9.91. The predicted octanol–water partition coefficient (Wildman–Crippen LogP) is 0.672. The topological polar surface area (TPSA) is 66.6 Å². The van der Waals surface area contributed by atoms with E-state index >= 15 is 0 Å². The number of hydrogen-bond donors (Lipinski definition) is 2. The van der Waals surface area contributed by atoms with Gasteiger partial charge in [-0.3, -0.25) is 4.79 Å². The molecule has 16 heavy (non-hydrogen) atoms. The highest BCUT2D eigenvalue weighted by Gasteiger charge is 2.29. The molecule has 0 aromatic rings. The monoisotopic (exact) mass is 244 g/mol. The van der Waals surface area contributed by atoms with E-state index in [-0.39, 0.29) is 10.9 Å². The first-order valence-corrected chi connectivity index (χ1v) is 6.05. The van der Waals surface area contributed by atoms with Crippen molar-refractivity contribution in [1.82, 2.24) is 4.90 Å². The summed E-state index contributed by atoms with van der Waals surface area (Å²) < 4.78 is 0. The Bertz CT molecular complexity index is 292. The molecular formula is C11H20N2O2S. The molecule has 0 aromatic carbocycles. The van der Waals surface area contributed by atoms with Gasteiger partial charge in [-0.25, -0.2) is 0 Å². The Kier molecular flexibility index (Phi) is 4.27. The van der Waals surface area contributed by atoms with E-state index in [1.54, 1.807) is 11.8 Å². The number of aliphatic hydroxyl groups is 1. The fourth-order valence-electron chi connectivity index (χ4n) is 1.88. The van der Waals surface area contributed by atoms with E-state index in [0.29, 0.717) is 19.5 Å². The van der Waals surface area contributed by atoms with Gasteiger partial charge < -0.3 is 15.7 Å². The summed E-state index contributed by atoms with van der Waals surface area (Å²) in [5.74, 6) is -0.428. The second-order valence-electron chi connectivity index (χ2n) is 4.80. The first-order valence-electron chi connectivity index (χ1n) is 5.64. The Balaban J connectivity index is 2.61. The molecule has 5 heteroatoms. The maximum atomic E-state index is 12.0. The molecule has 1 rings (SSSR count). The molecule has 1 aliphatic heterocycles. The van der Waals surface area contributed by atoms with Gasteiger partial charge >= 0.3 is 0 Å². The molecule has 1 amide bonds. The molecule has 3 N–H and O–H groups in total. The molecule has 2 unspecified atom stereocenters. The zero-order chi connectivity index (χ0) is 12.3. The Morgan fingerprint density at radius 1 is 1.50 bits per heavy atom. The number of nitrogens with zero attached hydrogens (tertiary/aromatic N) is 1. The number of carbonyl (C=O) groups is 1. The van der Waals surface area contributed by atoms with E-state index in [0.717, 1.165) is 12.8 Å². The van der Waals surface area contributed by atoms with Gasteiger partial charge in [0.1, 0.15) is 0 Å². The van der Waals surface area contributed by atoms with Gasteiger partial charge in [0, 0.05) is 13.1 Å². The van der Waals surface area contributed by atoms with Crippen molar-refractivity contribution < 1.29 is 9.90 Å². The molecule has 4 nitrogen and oxygen atoms in total. The standard InChI is InChI=1S/C11H20N2O2S/c1-8(9(12)16)10(14)13-6-3-4-11(2,15)5-7-13/h8,15H,3-7H2,1-2H3,(H2,12,16). The van der Waals surface area contributed by atoms with Crippen LogP contribution in [0.15, 0.2) is 0 Å². The molecule has 0 radical (unpaired) electrons. The largest absolute Gasteiger partial charge is 0.393 e. The van der Waals surface area contributed by atoms with E-state index in [4.69, 9.17) is 18.0 Å². The lowest BCUT2D eigenvalue weighted by molar-refractivity contribution is -0.132. The van der Waals surface area contributed by atoms with Crippen LogP contribution in [-0.4, -0.2) is 39.6 Å². The van der Waals surface area contributed by atoms with Gasteiger partial charge in [0.15, 0.2) is 0 Å². The van der Waals surface area contributed by atoms with Crippen molar-refractivity contribution in [2.75, 3.05) is 13.1 Å². The third-order valence-corrected chi connectivity index (χ3v) is 3.53. The molecule has 1 fully saturated rings. The maximum Gasteiger partial charge on any atom is 0.232 e. The van der Waals surface area contributed by atoms with Crippen molar-refractivity contribution >= 4 is 23.1 Å². The highest BCUT2D eigenvalue weighted by atomic mass is 32.1. The maximum absolute atomic E-state index is 12.0. The number of likely N-dealkylation sites (tertiary alicyclic amines) is 1. The van der Waals surface area contributed by atoms with Crippen LogP contribution < -0.4 is 5.73 Å². The summed E-state index contributed by atoms with van der Waals surface area (Å²) >= 11 is 4.82. The summed E-state index contributed by atoms with van der Waals surface area (Å²) in [4.78, 5) is 14.0. The Morgan fingerprint density at radius 3 is 2.69 bits per heavy atom. The van der Waals surface area contributed by atoms with E-state index in [2.05, 4.69) is 0 Å². The van der Waals surface area contributed by atoms with Crippen LogP contribution in [0.2, 0.25) is 0 Å². The number of thiocarbonyl (C=S) groups is 1. The van der Waals surface area contributed by atoms with E-state index < -0.39 is 11.5 Å². The lowest BCUT2D eigenvalue weighted by Gasteiger charge is -2.24. The minimum atomic E-state index is -0.651. The van der Waals surface area contributed by atoms with Gasteiger partial charge in [0.2, 0.25) is 5.91 Å². The van der Waals surface area contributed by atoms with Gasteiger partial charge in [-0.1, -0.05) is 12.2 Å². The predicted molar refractivity (Wildman–Crippen MR) is 67.0 cm³/mol. The van der Waals surface area contributed by atoms with Crippen LogP contribution in [0.5, 0.6) is 0 Å². The first-order chi connectivity index (χ1) is 7.33. The summed E-state index contributed by atoms with van der Waals surface area (Å²) in [7, 11) is 0. The number of amides is 1. The lowest BCUT2D eigenvalue weighted by atomic mass is 9.98. The smallest absolute Gasteiger partial charge is 0.232 e. The van der Waals surface area contributed by atoms with E-state index in [1.165, 1.54) is 0 Å². The minimum absolute atomic E-state index is 0.0230. The molecule has 0 aliphatic carbocycles. The van der Waals surface area contributed by atoms with Crippen LogP contribution >= 0.6 is 12.2 Å². The zero-order valence-corrected chi connectivity index (χ0v) is 10.7. The molecule has 2 atom stereocenters. The molecule has 0 aromatic heterocycles. The van der Waals surface area contributed by atoms with E-state index in [1.807, 2.05) is 6.92 Å². The van der Waals surface area contributed by atoms with Crippen molar-refractivity contribution in [2.45, 2.75) is 38.7 Å². The molecule has 1 aliphatic rings. The van der Waals surface area contributed by atoms with Gasteiger partial charge in [-0.2, -0.15) is 0 Å². The normalized spacial score (nSPS) is 28.3. The van der Waals surface area contributed by atoms with Crippen molar-refractivity contribution in [1.29, 1.82) is 0 Å². The van der Waals surface area contributed by atoms with E-state index in [9.17, 15) is 9.90 Å². The number of carbonyl (C=O) groups excluding carboxylic acids is 1. The molecule has 1 heterocycles. The van der Waals surface area contributed by atoms with Gasteiger partial charge in [-0.15, -0.1) is 0 Å². The molecule has 0 saturated carbocycles. The van der Waals surface area contributed by atoms with Gasteiger partial charge in [0.25, 0.3) is 0 Å². The molecular weight excluding hydrogens is 224 g/mol. The van der Waals surface area contributed by atoms with Crippen molar-refractivity contribution in [3.05, 3.63) is 0 Å². The van der Waals surface area contributed by atoms with Crippen molar-refractivity contribution in [2.24, 2.45) is 11.7 Å².